The van der Waals surface area contributed by atoms with E-state index in [1.54, 1.807) is 31.3 Å². The highest BCUT2D eigenvalue weighted by atomic mass is 32.2. The number of nitrogens with zero attached hydrogens (tertiary/aromatic N) is 2. The highest BCUT2D eigenvalue weighted by molar-refractivity contribution is 7.92. The predicted molar refractivity (Wildman–Crippen MR) is 127 cm³/mol. The molecule has 9 heteroatoms. The molecular formula is C25H25FN2O5S. The normalized spacial score (nSPS) is 12.9. The third-order valence-corrected chi connectivity index (χ3v) is 7.51. The van der Waals surface area contributed by atoms with Gasteiger partial charge in [-0.05, 0) is 48.4 Å². The molecular weight excluding hydrogens is 459 g/mol. The molecule has 0 saturated heterocycles. The van der Waals surface area contributed by atoms with E-state index >= 15 is 0 Å². The van der Waals surface area contributed by atoms with Crippen molar-refractivity contribution in [2.75, 3.05) is 38.2 Å². The minimum atomic E-state index is -3.88. The van der Waals surface area contributed by atoms with E-state index in [0.29, 0.717) is 18.7 Å². The Morgan fingerprint density at radius 1 is 1.06 bits per heavy atom. The van der Waals surface area contributed by atoms with Gasteiger partial charge in [-0.1, -0.05) is 30.3 Å². The molecule has 0 spiro atoms. The fourth-order valence-corrected chi connectivity index (χ4v) is 5.39. The molecule has 0 fully saturated rings. The van der Waals surface area contributed by atoms with Crippen LogP contribution in [0.1, 0.15) is 15.9 Å². The van der Waals surface area contributed by atoms with Gasteiger partial charge in [-0.15, -0.1) is 0 Å². The average Bonchev–Trinajstić information content (AvgIpc) is 3.29. The number of halogens is 1. The Labute approximate surface area is 198 Å². The SMILES string of the molecule is COc1ccc(S(=O)(=O)N2CCc3ccccc32)cc1C(=O)N(C)CCOc1ccccc1F. The number of fused-ring (bicyclic) bond motifs is 1. The Bertz CT molecular complexity index is 1310. The summed E-state index contributed by atoms with van der Waals surface area (Å²) in [6.45, 7) is 0.561. The zero-order valence-electron chi connectivity index (χ0n) is 18.9. The number of methoxy groups -OCH3 is 1. The van der Waals surface area contributed by atoms with Crippen molar-refractivity contribution in [1.29, 1.82) is 0 Å². The topological polar surface area (TPSA) is 76.2 Å². The van der Waals surface area contributed by atoms with Crippen LogP contribution < -0.4 is 13.8 Å². The molecule has 178 valence electrons. The number of anilines is 1. The summed E-state index contributed by atoms with van der Waals surface area (Å²) in [5, 5.41) is 0. The van der Waals surface area contributed by atoms with Crippen LogP contribution in [0, 0.1) is 5.82 Å². The summed E-state index contributed by atoms with van der Waals surface area (Å²) >= 11 is 0. The van der Waals surface area contributed by atoms with Gasteiger partial charge in [0.2, 0.25) is 0 Å². The van der Waals surface area contributed by atoms with Crippen LogP contribution in [-0.2, 0) is 16.4 Å². The number of sulfonamides is 1. The number of carbonyl (C=O) groups excluding carboxylic acids is 1. The molecule has 0 bridgehead atoms. The van der Waals surface area contributed by atoms with Crippen molar-refractivity contribution >= 4 is 21.6 Å². The number of carbonyl (C=O) groups is 1. The van der Waals surface area contributed by atoms with Gasteiger partial charge >= 0.3 is 0 Å². The number of benzene rings is 3. The lowest BCUT2D eigenvalue weighted by molar-refractivity contribution is 0.0769. The summed E-state index contributed by atoms with van der Waals surface area (Å²) < 4.78 is 52.7. The largest absolute Gasteiger partial charge is 0.496 e. The van der Waals surface area contributed by atoms with Gasteiger partial charge in [0, 0.05) is 13.6 Å². The van der Waals surface area contributed by atoms with E-state index < -0.39 is 21.7 Å². The van der Waals surface area contributed by atoms with E-state index in [2.05, 4.69) is 0 Å². The molecule has 3 aromatic rings. The highest BCUT2D eigenvalue weighted by Gasteiger charge is 2.32. The summed E-state index contributed by atoms with van der Waals surface area (Å²) in [5.41, 5.74) is 1.73. The number of amides is 1. The molecule has 0 saturated carbocycles. The number of likely N-dealkylation sites (N-methyl/N-ethyl adjacent to an activating group) is 1. The summed E-state index contributed by atoms with van der Waals surface area (Å²) in [6, 6.07) is 17.6. The first-order valence-electron chi connectivity index (χ1n) is 10.7. The Hall–Kier alpha value is -3.59. The van der Waals surface area contributed by atoms with Gasteiger partial charge in [0.05, 0.1) is 29.8 Å². The van der Waals surface area contributed by atoms with Crippen molar-refractivity contribution in [2.45, 2.75) is 11.3 Å². The van der Waals surface area contributed by atoms with Crippen molar-refractivity contribution < 1.29 is 27.1 Å². The molecule has 3 aromatic carbocycles. The summed E-state index contributed by atoms with van der Waals surface area (Å²) in [6.07, 6.45) is 0.627. The van der Waals surface area contributed by atoms with Gasteiger partial charge in [-0.3, -0.25) is 9.10 Å². The lowest BCUT2D eigenvalue weighted by Gasteiger charge is -2.22. The van der Waals surface area contributed by atoms with E-state index in [-0.39, 0.29) is 35.1 Å². The van der Waals surface area contributed by atoms with Gasteiger partial charge < -0.3 is 14.4 Å². The van der Waals surface area contributed by atoms with Crippen LogP contribution in [-0.4, -0.2) is 53.1 Å². The standard InChI is InChI=1S/C25H25FN2O5S/c1-27(15-16-33-24-10-6-4-8-21(24)26)25(29)20-17-19(11-12-23(20)32-2)34(30,31)28-14-13-18-7-3-5-9-22(18)28/h3-12,17H,13-16H2,1-2H3. The zero-order chi connectivity index (χ0) is 24.3. The van der Waals surface area contributed by atoms with E-state index in [1.807, 2.05) is 12.1 Å². The molecule has 0 radical (unpaired) electrons. The lowest BCUT2D eigenvalue weighted by Crippen LogP contribution is -2.32. The quantitative estimate of drug-likeness (QED) is 0.487. The molecule has 0 unspecified atom stereocenters. The van der Waals surface area contributed by atoms with Gasteiger partial charge in [-0.25, -0.2) is 12.8 Å². The Morgan fingerprint density at radius 2 is 1.79 bits per heavy atom. The summed E-state index contributed by atoms with van der Waals surface area (Å²) in [5.74, 6) is -0.569. The molecule has 1 aliphatic rings. The second-order valence-electron chi connectivity index (χ2n) is 7.82. The number of ether oxygens (including phenoxy) is 2. The maximum absolute atomic E-state index is 13.7. The fourth-order valence-electron chi connectivity index (χ4n) is 3.86. The van der Waals surface area contributed by atoms with Crippen molar-refractivity contribution in [3.63, 3.8) is 0 Å². The predicted octanol–water partition coefficient (Wildman–Crippen LogP) is 3.74. The molecule has 1 amide bonds. The van der Waals surface area contributed by atoms with Crippen LogP contribution in [0.3, 0.4) is 0 Å². The number of hydrogen-bond acceptors (Lipinski definition) is 5. The second-order valence-corrected chi connectivity index (χ2v) is 9.69. The molecule has 0 N–H and O–H groups in total. The monoisotopic (exact) mass is 484 g/mol. The van der Waals surface area contributed by atoms with Gasteiger partial charge in [-0.2, -0.15) is 0 Å². The third-order valence-electron chi connectivity index (χ3n) is 5.70. The van der Waals surface area contributed by atoms with Crippen LogP contribution in [0.25, 0.3) is 0 Å². The minimum absolute atomic E-state index is 0.00404. The maximum Gasteiger partial charge on any atom is 0.264 e. The average molecular weight is 485 g/mol. The number of hydrogen-bond donors (Lipinski definition) is 0. The Morgan fingerprint density at radius 3 is 2.56 bits per heavy atom. The molecule has 7 nitrogen and oxygen atoms in total. The van der Waals surface area contributed by atoms with Crippen LogP contribution in [0.4, 0.5) is 10.1 Å². The molecule has 1 heterocycles. The molecule has 1 aliphatic heterocycles. The minimum Gasteiger partial charge on any atom is -0.496 e. The van der Waals surface area contributed by atoms with Gasteiger partial charge in [0.15, 0.2) is 11.6 Å². The third kappa shape index (κ3) is 4.56. The van der Waals surface area contributed by atoms with Crippen LogP contribution >= 0.6 is 0 Å². The van der Waals surface area contributed by atoms with Crippen LogP contribution in [0.2, 0.25) is 0 Å². The maximum atomic E-state index is 13.7. The van der Waals surface area contributed by atoms with E-state index in [4.69, 9.17) is 9.47 Å². The van der Waals surface area contributed by atoms with Crippen molar-refractivity contribution in [3.05, 3.63) is 83.7 Å². The zero-order valence-corrected chi connectivity index (χ0v) is 19.7. The second kappa shape index (κ2) is 9.72. The van der Waals surface area contributed by atoms with Gasteiger partial charge in [0.1, 0.15) is 12.4 Å². The fraction of sp³-hybridized carbons (Fsp3) is 0.240. The molecule has 0 aromatic heterocycles. The number of para-hydroxylation sites is 2. The molecule has 0 aliphatic carbocycles. The van der Waals surface area contributed by atoms with Crippen LogP contribution in [0.5, 0.6) is 11.5 Å². The smallest absolute Gasteiger partial charge is 0.264 e. The first-order chi connectivity index (χ1) is 16.3. The highest BCUT2D eigenvalue weighted by Crippen LogP contribution is 2.34. The molecule has 4 rings (SSSR count). The first-order valence-corrected chi connectivity index (χ1v) is 12.2. The van der Waals surface area contributed by atoms with E-state index in [1.165, 1.54) is 46.6 Å². The van der Waals surface area contributed by atoms with Crippen molar-refractivity contribution in [1.82, 2.24) is 4.90 Å². The van der Waals surface area contributed by atoms with Gasteiger partial charge in [0.25, 0.3) is 15.9 Å². The Balaban J connectivity index is 1.54. The number of rotatable bonds is 8. The van der Waals surface area contributed by atoms with E-state index in [0.717, 1.165) is 5.56 Å². The summed E-state index contributed by atoms with van der Waals surface area (Å²) in [4.78, 5) is 14.5. The molecule has 34 heavy (non-hydrogen) atoms. The molecule has 0 atom stereocenters. The first kappa shape index (κ1) is 23.6. The Kier molecular flexibility index (Phi) is 6.74. The van der Waals surface area contributed by atoms with Crippen LogP contribution in [0.15, 0.2) is 71.6 Å². The summed E-state index contributed by atoms with van der Waals surface area (Å²) in [7, 11) is -0.901. The van der Waals surface area contributed by atoms with Crippen molar-refractivity contribution in [2.24, 2.45) is 0 Å². The van der Waals surface area contributed by atoms with Crippen molar-refractivity contribution in [3.8, 4) is 11.5 Å². The van der Waals surface area contributed by atoms with E-state index in [9.17, 15) is 17.6 Å². The lowest BCUT2D eigenvalue weighted by atomic mass is 10.1.